The topological polar surface area (TPSA) is 53.8 Å². The highest BCUT2D eigenvalue weighted by Crippen LogP contribution is 2.29. The Morgan fingerprint density at radius 3 is 3.00 bits per heavy atom. The zero-order valence-corrected chi connectivity index (χ0v) is 14.7. The molecule has 0 radical (unpaired) electrons. The maximum absolute atomic E-state index is 5.90. The van der Waals surface area contributed by atoms with Crippen LogP contribution >= 0.6 is 0 Å². The van der Waals surface area contributed by atoms with E-state index in [1.807, 2.05) is 13.0 Å². The van der Waals surface area contributed by atoms with Crippen molar-refractivity contribution in [2.75, 3.05) is 70.2 Å². The molecule has 0 saturated carbocycles. The fourth-order valence-corrected chi connectivity index (χ4v) is 2.98. The van der Waals surface area contributed by atoms with E-state index < -0.39 is 0 Å². The van der Waals surface area contributed by atoms with Gasteiger partial charge in [0.1, 0.15) is 0 Å². The van der Waals surface area contributed by atoms with Crippen molar-refractivity contribution in [1.29, 1.82) is 0 Å². The molecular formula is C18H32N4O. The number of benzene rings is 1. The fourth-order valence-electron chi connectivity index (χ4n) is 2.98. The Balaban J connectivity index is 1.54. The molecule has 5 heteroatoms. The molecule has 1 aromatic rings. The number of ether oxygens (including phenoxy) is 1. The van der Waals surface area contributed by atoms with Crippen molar-refractivity contribution < 1.29 is 4.74 Å². The summed E-state index contributed by atoms with van der Waals surface area (Å²) in [7, 11) is 2.16. The molecule has 1 aliphatic heterocycles. The minimum absolute atomic E-state index is 0.806. The summed E-state index contributed by atoms with van der Waals surface area (Å²) in [5.74, 6) is 0. The summed E-state index contributed by atoms with van der Waals surface area (Å²) in [6.07, 6.45) is 2.31. The van der Waals surface area contributed by atoms with Crippen LogP contribution in [0.25, 0.3) is 0 Å². The average molecular weight is 320 g/mol. The van der Waals surface area contributed by atoms with Crippen LogP contribution in [0, 0.1) is 0 Å². The van der Waals surface area contributed by atoms with Crippen molar-refractivity contribution in [2.24, 2.45) is 0 Å². The molecule has 0 saturated heterocycles. The third-order valence-electron chi connectivity index (χ3n) is 4.37. The van der Waals surface area contributed by atoms with Gasteiger partial charge in [0.2, 0.25) is 0 Å². The van der Waals surface area contributed by atoms with Gasteiger partial charge in [0, 0.05) is 44.2 Å². The van der Waals surface area contributed by atoms with Gasteiger partial charge < -0.3 is 25.6 Å². The van der Waals surface area contributed by atoms with Gasteiger partial charge in [0.25, 0.3) is 0 Å². The maximum atomic E-state index is 5.90. The van der Waals surface area contributed by atoms with Gasteiger partial charge in [0.15, 0.2) is 0 Å². The molecular weight excluding hydrogens is 288 g/mol. The van der Waals surface area contributed by atoms with Crippen molar-refractivity contribution in [1.82, 2.24) is 10.2 Å². The second-order valence-electron chi connectivity index (χ2n) is 6.23. The van der Waals surface area contributed by atoms with Gasteiger partial charge in [-0.1, -0.05) is 6.07 Å². The summed E-state index contributed by atoms with van der Waals surface area (Å²) in [6.45, 7) is 10.1. The molecule has 0 aromatic heterocycles. The zero-order valence-electron chi connectivity index (χ0n) is 14.7. The van der Waals surface area contributed by atoms with E-state index in [1.54, 1.807) is 0 Å². The SMILES string of the molecule is CCOCCN(C)CCCNCCN1CCc2ccc(N)cc21. The highest BCUT2D eigenvalue weighted by Gasteiger charge is 2.18. The molecule has 1 heterocycles. The molecule has 0 bridgehead atoms. The number of hydrogen-bond acceptors (Lipinski definition) is 5. The molecule has 23 heavy (non-hydrogen) atoms. The van der Waals surface area contributed by atoms with E-state index in [1.165, 1.54) is 17.7 Å². The Bertz CT molecular complexity index is 466. The third-order valence-corrected chi connectivity index (χ3v) is 4.37. The minimum Gasteiger partial charge on any atom is -0.399 e. The molecule has 0 amide bonds. The van der Waals surface area contributed by atoms with Crippen LogP contribution < -0.4 is 16.0 Å². The first-order chi connectivity index (χ1) is 11.2. The largest absolute Gasteiger partial charge is 0.399 e. The molecule has 0 spiro atoms. The number of fused-ring (bicyclic) bond motifs is 1. The Kier molecular flexibility index (Phi) is 7.65. The van der Waals surface area contributed by atoms with Crippen molar-refractivity contribution in [3.8, 4) is 0 Å². The van der Waals surface area contributed by atoms with Gasteiger partial charge in [-0.25, -0.2) is 0 Å². The Labute approximate surface area is 140 Å². The number of nitrogens with two attached hydrogens (primary N) is 1. The lowest BCUT2D eigenvalue weighted by Gasteiger charge is -2.20. The lowest BCUT2D eigenvalue weighted by atomic mass is 10.1. The molecule has 0 atom stereocenters. The molecule has 1 aliphatic rings. The number of nitrogens with zero attached hydrogens (tertiary/aromatic N) is 2. The summed E-state index contributed by atoms with van der Waals surface area (Å²) >= 11 is 0. The quantitative estimate of drug-likeness (QED) is 0.479. The van der Waals surface area contributed by atoms with Crippen LogP contribution in [0.4, 0.5) is 11.4 Å². The molecule has 0 aliphatic carbocycles. The Morgan fingerprint density at radius 2 is 2.17 bits per heavy atom. The highest BCUT2D eigenvalue weighted by molar-refractivity contribution is 5.64. The minimum atomic E-state index is 0.806. The molecule has 0 fully saturated rings. The standard InChI is InChI=1S/C18H32N4O/c1-3-23-14-13-21(2)10-4-8-20-9-12-22-11-7-16-5-6-17(19)15-18(16)22/h5-6,15,20H,3-4,7-14,19H2,1-2H3. The number of likely N-dealkylation sites (N-methyl/N-ethyl adjacent to an activating group) is 1. The van der Waals surface area contributed by atoms with E-state index >= 15 is 0 Å². The van der Waals surface area contributed by atoms with Crippen LogP contribution in [0.5, 0.6) is 0 Å². The maximum Gasteiger partial charge on any atom is 0.0593 e. The van der Waals surface area contributed by atoms with Gasteiger partial charge in [-0.05, 0) is 57.6 Å². The second kappa shape index (κ2) is 9.75. The van der Waals surface area contributed by atoms with Gasteiger partial charge in [-0.15, -0.1) is 0 Å². The van der Waals surface area contributed by atoms with Crippen LogP contribution in [-0.2, 0) is 11.2 Å². The lowest BCUT2D eigenvalue weighted by molar-refractivity contribution is 0.122. The predicted octanol–water partition coefficient (Wildman–Crippen LogP) is 1.58. The molecule has 5 nitrogen and oxygen atoms in total. The second-order valence-corrected chi connectivity index (χ2v) is 6.23. The number of hydrogen-bond donors (Lipinski definition) is 2. The van der Waals surface area contributed by atoms with Gasteiger partial charge >= 0.3 is 0 Å². The first-order valence-electron chi connectivity index (χ1n) is 8.81. The summed E-state index contributed by atoms with van der Waals surface area (Å²) in [5, 5.41) is 3.55. The van der Waals surface area contributed by atoms with Crippen molar-refractivity contribution in [3.63, 3.8) is 0 Å². The molecule has 3 N–H and O–H groups in total. The van der Waals surface area contributed by atoms with Gasteiger partial charge in [-0.2, -0.15) is 0 Å². The van der Waals surface area contributed by atoms with Crippen LogP contribution in [0.15, 0.2) is 18.2 Å². The number of nitrogen functional groups attached to an aromatic ring is 1. The van der Waals surface area contributed by atoms with Crippen molar-refractivity contribution in [3.05, 3.63) is 23.8 Å². The first-order valence-corrected chi connectivity index (χ1v) is 8.81. The molecule has 2 rings (SSSR count). The van der Waals surface area contributed by atoms with Gasteiger partial charge in [0.05, 0.1) is 6.61 Å². The third kappa shape index (κ3) is 6.01. The van der Waals surface area contributed by atoms with E-state index in [0.717, 1.165) is 64.6 Å². The van der Waals surface area contributed by atoms with Crippen LogP contribution in [0.3, 0.4) is 0 Å². The van der Waals surface area contributed by atoms with Crippen molar-refractivity contribution in [2.45, 2.75) is 19.8 Å². The number of rotatable bonds is 11. The number of anilines is 2. The van der Waals surface area contributed by atoms with E-state index in [4.69, 9.17) is 10.5 Å². The van der Waals surface area contributed by atoms with Crippen LogP contribution in [0.1, 0.15) is 18.9 Å². The van der Waals surface area contributed by atoms with E-state index in [9.17, 15) is 0 Å². The molecule has 1 aromatic carbocycles. The van der Waals surface area contributed by atoms with E-state index in [-0.39, 0.29) is 0 Å². The first kappa shape index (κ1) is 18.0. The summed E-state index contributed by atoms with van der Waals surface area (Å²) in [4.78, 5) is 4.77. The summed E-state index contributed by atoms with van der Waals surface area (Å²) in [5.41, 5.74) is 9.51. The summed E-state index contributed by atoms with van der Waals surface area (Å²) in [6, 6.07) is 6.27. The monoisotopic (exact) mass is 320 g/mol. The lowest BCUT2D eigenvalue weighted by Crippen LogP contribution is -2.32. The van der Waals surface area contributed by atoms with E-state index in [2.05, 4.69) is 34.3 Å². The summed E-state index contributed by atoms with van der Waals surface area (Å²) < 4.78 is 5.37. The van der Waals surface area contributed by atoms with Crippen LogP contribution in [0.2, 0.25) is 0 Å². The fraction of sp³-hybridized carbons (Fsp3) is 0.667. The van der Waals surface area contributed by atoms with E-state index in [0.29, 0.717) is 0 Å². The molecule has 0 unspecified atom stereocenters. The average Bonchev–Trinajstić information content (AvgIpc) is 2.93. The van der Waals surface area contributed by atoms with Gasteiger partial charge in [-0.3, -0.25) is 0 Å². The van der Waals surface area contributed by atoms with Crippen molar-refractivity contribution >= 4 is 11.4 Å². The Hall–Kier alpha value is -1.30. The predicted molar refractivity (Wildman–Crippen MR) is 98.2 cm³/mol. The smallest absolute Gasteiger partial charge is 0.0593 e. The zero-order chi connectivity index (χ0) is 16.5. The number of nitrogens with one attached hydrogen (secondary N) is 1. The Morgan fingerprint density at radius 1 is 1.30 bits per heavy atom. The normalized spacial score (nSPS) is 13.8. The highest BCUT2D eigenvalue weighted by atomic mass is 16.5. The molecule has 130 valence electrons. The van der Waals surface area contributed by atoms with Crippen LogP contribution in [-0.4, -0.2) is 64.4 Å².